The first-order valence-corrected chi connectivity index (χ1v) is 8.23. The van der Waals surface area contributed by atoms with E-state index in [0.717, 1.165) is 38.6 Å². The van der Waals surface area contributed by atoms with Crippen molar-refractivity contribution in [1.82, 2.24) is 4.90 Å². The number of rotatable bonds is 7. The third-order valence-electron chi connectivity index (χ3n) is 4.78. The van der Waals surface area contributed by atoms with Crippen LogP contribution in [-0.4, -0.2) is 44.3 Å². The van der Waals surface area contributed by atoms with Crippen LogP contribution in [0.5, 0.6) is 0 Å². The zero-order chi connectivity index (χ0) is 15.1. The third kappa shape index (κ3) is 5.10. The molecule has 3 heteroatoms. The van der Waals surface area contributed by atoms with Gasteiger partial charge >= 0.3 is 0 Å². The average molecular weight is 290 g/mol. The van der Waals surface area contributed by atoms with Crippen LogP contribution in [0.3, 0.4) is 0 Å². The first kappa shape index (κ1) is 16.5. The van der Waals surface area contributed by atoms with Crippen LogP contribution in [-0.2, 0) is 4.74 Å². The van der Waals surface area contributed by atoms with Crippen molar-refractivity contribution < 1.29 is 4.74 Å². The van der Waals surface area contributed by atoms with Crippen molar-refractivity contribution in [2.75, 3.05) is 33.4 Å². The third-order valence-corrected chi connectivity index (χ3v) is 4.78. The van der Waals surface area contributed by atoms with E-state index in [1.54, 1.807) is 0 Å². The summed E-state index contributed by atoms with van der Waals surface area (Å²) in [5.41, 5.74) is 7.45. The largest absolute Gasteiger partial charge is 0.381 e. The molecule has 118 valence electrons. The number of hydrogen-bond donors (Lipinski definition) is 1. The first-order chi connectivity index (χ1) is 10.2. The highest BCUT2D eigenvalue weighted by Gasteiger charge is 2.22. The minimum Gasteiger partial charge on any atom is -0.381 e. The molecule has 0 saturated carbocycles. The van der Waals surface area contributed by atoms with E-state index in [9.17, 15) is 0 Å². The molecule has 1 aliphatic heterocycles. The Morgan fingerprint density at radius 2 is 1.90 bits per heavy atom. The minimum atomic E-state index is 0.461. The zero-order valence-corrected chi connectivity index (χ0v) is 13.5. The van der Waals surface area contributed by atoms with Crippen molar-refractivity contribution in [3.05, 3.63) is 35.9 Å². The number of likely N-dealkylation sites (N-methyl/N-ethyl adjacent to an activating group) is 1. The summed E-state index contributed by atoms with van der Waals surface area (Å²) in [5.74, 6) is 1.32. The minimum absolute atomic E-state index is 0.461. The molecule has 3 nitrogen and oxygen atoms in total. The van der Waals surface area contributed by atoms with Crippen molar-refractivity contribution in [3.8, 4) is 0 Å². The van der Waals surface area contributed by atoms with Gasteiger partial charge in [0.05, 0.1) is 0 Å². The van der Waals surface area contributed by atoms with Crippen LogP contribution in [0.15, 0.2) is 30.3 Å². The number of ether oxygens (including phenoxy) is 1. The summed E-state index contributed by atoms with van der Waals surface area (Å²) >= 11 is 0. The maximum Gasteiger partial charge on any atom is 0.0469 e. The molecule has 1 saturated heterocycles. The number of hydrogen-bond acceptors (Lipinski definition) is 3. The fourth-order valence-corrected chi connectivity index (χ4v) is 3.27. The van der Waals surface area contributed by atoms with E-state index in [1.165, 1.54) is 18.4 Å². The van der Waals surface area contributed by atoms with E-state index >= 15 is 0 Å². The van der Waals surface area contributed by atoms with Crippen LogP contribution < -0.4 is 5.73 Å². The maximum atomic E-state index is 6.04. The van der Waals surface area contributed by atoms with Gasteiger partial charge < -0.3 is 15.4 Å². The summed E-state index contributed by atoms with van der Waals surface area (Å²) in [4.78, 5) is 2.47. The summed E-state index contributed by atoms with van der Waals surface area (Å²) in [6.45, 7) is 6.03. The summed E-state index contributed by atoms with van der Waals surface area (Å²) in [6.07, 6.45) is 3.51. The van der Waals surface area contributed by atoms with Crippen molar-refractivity contribution in [2.24, 2.45) is 11.7 Å². The lowest BCUT2D eigenvalue weighted by Crippen LogP contribution is -2.42. The summed E-state index contributed by atoms with van der Waals surface area (Å²) in [5, 5.41) is 0. The van der Waals surface area contributed by atoms with E-state index in [2.05, 4.69) is 49.2 Å². The maximum absolute atomic E-state index is 6.04. The van der Waals surface area contributed by atoms with Gasteiger partial charge in [0.25, 0.3) is 0 Å². The molecule has 0 aliphatic carbocycles. The Hall–Kier alpha value is -0.900. The number of nitrogens with two attached hydrogens (primary N) is 1. The number of nitrogens with zero attached hydrogens (tertiary/aromatic N) is 1. The highest BCUT2D eigenvalue weighted by atomic mass is 16.5. The highest BCUT2D eigenvalue weighted by Crippen LogP contribution is 2.23. The Morgan fingerprint density at radius 1 is 1.24 bits per heavy atom. The van der Waals surface area contributed by atoms with Gasteiger partial charge in [-0.3, -0.25) is 0 Å². The molecule has 1 fully saturated rings. The predicted molar refractivity (Wildman–Crippen MR) is 88.5 cm³/mol. The second-order valence-electron chi connectivity index (χ2n) is 6.43. The molecule has 0 aromatic heterocycles. The van der Waals surface area contributed by atoms with Gasteiger partial charge in [0.2, 0.25) is 0 Å². The molecule has 0 amide bonds. The summed E-state index contributed by atoms with van der Waals surface area (Å²) in [7, 11) is 2.23. The smallest absolute Gasteiger partial charge is 0.0469 e. The van der Waals surface area contributed by atoms with Gasteiger partial charge in [-0.15, -0.1) is 0 Å². The van der Waals surface area contributed by atoms with Crippen LogP contribution in [0.1, 0.15) is 37.7 Å². The fraction of sp³-hybridized carbons (Fsp3) is 0.667. The quantitative estimate of drug-likeness (QED) is 0.839. The van der Waals surface area contributed by atoms with E-state index in [-0.39, 0.29) is 0 Å². The topological polar surface area (TPSA) is 38.5 Å². The zero-order valence-electron chi connectivity index (χ0n) is 13.5. The molecule has 1 aromatic rings. The highest BCUT2D eigenvalue weighted by molar-refractivity contribution is 5.18. The van der Waals surface area contributed by atoms with E-state index in [1.807, 2.05) is 0 Å². The van der Waals surface area contributed by atoms with Gasteiger partial charge in [-0.2, -0.15) is 0 Å². The molecule has 1 aliphatic rings. The average Bonchev–Trinajstić information content (AvgIpc) is 2.54. The van der Waals surface area contributed by atoms with Gasteiger partial charge in [0.15, 0.2) is 0 Å². The molecule has 1 aromatic carbocycles. The molecular formula is C18H30N2O. The fourth-order valence-electron chi connectivity index (χ4n) is 3.27. The Morgan fingerprint density at radius 3 is 2.52 bits per heavy atom. The second-order valence-corrected chi connectivity index (χ2v) is 6.43. The normalized spacial score (nSPS) is 19.6. The van der Waals surface area contributed by atoms with Gasteiger partial charge in [-0.25, -0.2) is 0 Å². The lowest BCUT2D eigenvalue weighted by atomic mass is 9.92. The molecule has 2 N–H and O–H groups in total. The van der Waals surface area contributed by atoms with Crippen LogP contribution in [0, 0.1) is 5.92 Å². The van der Waals surface area contributed by atoms with E-state index in [4.69, 9.17) is 10.5 Å². The molecule has 21 heavy (non-hydrogen) atoms. The lowest BCUT2D eigenvalue weighted by Gasteiger charge is -2.33. The van der Waals surface area contributed by atoms with Crippen LogP contribution >= 0.6 is 0 Å². The second kappa shape index (κ2) is 8.52. The molecule has 2 unspecified atom stereocenters. The van der Waals surface area contributed by atoms with Gasteiger partial charge in [0, 0.05) is 32.3 Å². The molecule has 1 heterocycles. The number of benzene rings is 1. The Kier molecular flexibility index (Phi) is 6.68. The SMILES string of the molecule is CC(CC(CN)N(C)CC1CCOCC1)c1ccccc1. The van der Waals surface area contributed by atoms with Crippen molar-refractivity contribution >= 4 is 0 Å². The molecular weight excluding hydrogens is 260 g/mol. The molecule has 0 spiro atoms. The van der Waals surface area contributed by atoms with E-state index < -0.39 is 0 Å². The Labute approximate surface area is 129 Å². The lowest BCUT2D eigenvalue weighted by molar-refractivity contribution is 0.0498. The van der Waals surface area contributed by atoms with Gasteiger partial charge in [-0.05, 0) is 43.7 Å². The predicted octanol–water partition coefficient (Wildman–Crippen LogP) is 2.87. The molecule has 0 bridgehead atoms. The van der Waals surface area contributed by atoms with Crippen molar-refractivity contribution in [3.63, 3.8) is 0 Å². The summed E-state index contributed by atoms with van der Waals surface area (Å²) < 4.78 is 5.45. The van der Waals surface area contributed by atoms with Crippen LogP contribution in [0.25, 0.3) is 0 Å². The molecule has 2 rings (SSSR count). The first-order valence-electron chi connectivity index (χ1n) is 8.23. The van der Waals surface area contributed by atoms with Crippen LogP contribution in [0.4, 0.5) is 0 Å². The molecule has 2 atom stereocenters. The van der Waals surface area contributed by atoms with Crippen molar-refractivity contribution in [1.29, 1.82) is 0 Å². The van der Waals surface area contributed by atoms with Gasteiger partial charge in [0.1, 0.15) is 0 Å². The summed E-state index contributed by atoms with van der Waals surface area (Å²) in [6, 6.07) is 11.2. The van der Waals surface area contributed by atoms with Gasteiger partial charge in [-0.1, -0.05) is 37.3 Å². The standard InChI is InChI=1S/C18H30N2O/c1-15(17-6-4-3-5-7-17)12-18(13-19)20(2)14-16-8-10-21-11-9-16/h3-7,15-16,18H,8-14,19H2,1-2H3. The monoisotopic (exact) mass is 290 g/mol. The Balaban J connectivity index is 1.86. The molecule has 0 radical (unpaired) electrons. The Bertz CT molecular complexity index is 389. The van der Waals surface area contributed by atoms with Crippen molar-refractivity contribution in [2.45, 2.75) is 38.1 Å². The van der Waals surface area contributed by atoms with E-state index in [0.29, 0.717) is 12.0 Å². The van der Waals surface area contributed by atoms with Crippen LogP contribution in [0.2, 0.25) is 0 Å².